The Bertz CT molecular complexity index is 364. The molecule has 0 spiro atoms. The van der Waals surface area contributed by atoms with Crippen LogP contribution >= 0.6 is 11.6 Å². The highest BCUT2D eigenvalue weighted by Gasteiger charge is 2.15. The minimum Gasteiger partial charge on any atom is -0.504 e. The summed E-state index contributed by atoms with van der Waals surface area (Å²) in [5, 5.41) is 10.5. The van der Waals surface area contributed by atoms with Gasteiger partial charge in [-0.05, 0) is 26.3 Å². The van der Waals surface area contributed by atoms with Gasteiger partial charge in [-0.3, -0.25) is 0 Å². The number of halogens is 1. The molecular formula is C11H16ClNO2. The molecule has 0 aliphatic heterocycles. The smallest absolute Gasteiger partial charge is 0.165 e. The topological polar surface area (TPSA) is 55.5 Å². The van der Waals surface area contributed by atoms with Gasteiger partial charge in [-0.2, -0.15) is 0 Å². The highest BCUT2D eigenvalue weighted by Crippen LogP contribution is 2.38. The van der Waals surface area contributed by atoms with E-state index >= 15 is 0 Å². The standard InChI is InChI=1S/C11H16ClNO2/c1-6(13)4-8-5-9(12)7(2)11(15-3)10(8)14/h5-6,14H,4,13H2,1-3H3. The van der Waals surface area contributed by atoms with Crippen molar-refractivity contribution in [3.05, 3.63) is 22.2 Å². The Morgan fingerprint density at radius 2 is 2.20 bits per heavy atom. The molecule has 0 aromatic heterocycles. The maximum Gasteiger partial charge on any atom is 0.165 e. The van der Waals surface area contributed by atoms with Crippen LogP contribution in [0.1, 0.15) is 18.1 Å². The predicted octanol–water partition coefficient (Wildman–Crippen LogP) is 2.25. The highest BCUT2D eigenvalue weighted by molar-refractivity contribution is 6.31. The van der Waals surface area contributed by atoms with Crippen LogP contribution in [0.2, 0.25) is 5.02 Å². The molecule has 1 rings (SSSR count). The fourth-order valence-corrected chi connectivity index (χ4v) is 1.73. The van der Waals surface area contributed by atoms with Crippen molar-refractivity contribution in [2.45, 2.75) is 26.3 Å². The van der Waals surface area contributed by atoms with Crippen molar-refractivity contribution in [3.63, 3.8) is 0 Å². The van der Waals surface area contributed by atoms with E-state index in [4.69, 9.17) is 22.1 Å². The van der Waals surface area contributed by atoms with Crippen molar-refractivity contribution in [3.8, 4) is 11.5 Å². The molecule has 0 fully saturated rings. The number of phenolic OH excluding ortho intramolecular Hbond substituents is 1. The lowest BCUT2D eigenvalue weighted by atomic mass is 10.0. The minimum atomic E-state index is -0.0284. The van der Waals surface area contributed by atoms with Crippen LogP contribution in [0.5, 0.6) is 11.5 Å². The van der Waals surface area contributed by atoms with Crippen LogP contribution in [0.15, 0.2) is 6.07 Å². The number of hydrogen-bond acceptors (Lipinski definition) is 3. The first-order valence-electron chi connectivity index (χ1n) is 4.77. The van der Waals surface area contributed by atoms with Crippen LogP contribution in [0.25, 0.3) is 0 Å². The number of ether oxygens (including phenoxy) is 1. The number of benzene rings is 1. The summed E-state index contributed by atoms with van der Waals surface area (Å²) in [5.74, 6) is 0.565. The molecule has 3 nitrogen and oxygen atoms in total. The number of aromatic hydroxyl groups is 1. The van der Waals surface area contributed by atoms with Gasteiger partial charge in [0.05, 0.1) is 7.11 Å². The van der Waals surface area contributed by atoms with E-state index in [1.807, 2.05) is 6.92 Å². The van der Waals surface area contributed by atoms with Gasteiger partial charge in [0.1, 0.15) is 0 Å². The highest BCUT2D eigenvalue weighted by atomic mass is 35.5. The molecule has 3 N–H and O–H groups in total. The average Bonchev–Trinajstić information content (AvgIpc) is 2.14. The van der Waals surface area contributed by atoms with Crippen molar-refractivity contribution < 1.29 is 9.84 Å². The number of rotatable bonds is 3. The first-order chi connectivity index (χ1) is 6.97. The Labute approximate surface area is 94.8 Å². The molecule has 15 heavy (non-hydrogen) atoms. The summed E-state index contributed by atoms with van der Waals surface area (Å²) >= 11 is 6.02. The van der Waals surface area contributed by atoms with E-state index in [2.05, 4.69) is 0 Å². The first kappa shape index (κ1) is 12.1. The predicted molar refractivity (Wildman–Crippen MR) is 61.8 cm³/mol. The van der Waals surface area contributed by atoms with Gasteiger partial charge in [0.25, 0.3) is 0 Å². The molecule has 0 bridgehead atoms. The van der Waals surface area contributed by atoms with E-state index in [1.165, 1.54) is 7.11 Å². The summed E-state index contributed by atoms with van der Waals surface area (Å²) in [6.45, 7) is 3.68. The van der Waals surface area contributed by atoms with Crippen LogP contribution < -0.4 is 10.5 Å². The van der Waals surface area contributed by atoms with Gasteiger partial charge in [-0.25, -0.2) is 0 Å². The molecule has 0 saturated heterocycles. The van der Waals surface area contributed by atoms with E-state index in [-0.39, 0.29) is 11.8 Å². The summed E-state index contributed by atoms with van der Waals surface area (Å²) in [7, 11) is 1.51. The first-order valence-corrected chi connectivity index (χ1v) is 5.15. The van der Waals surface area contributed by atoms with Crippen LogP contribution in [0.4, 0.5) is 0 Å². The second-order valence-corrected chi connectivity index (χ2v) is 4.11. The lowest BCUT2D eigenvalue weighted by molar-refractivity contribution is 0.367. The lowest BCUT2D eigenvalue weighted by Crippen LogP contribution is -2.18. The maximum absolute atomic E-state index is 9.90. The number of hydrogen-bond donors (Lipinski definition) is 2. The van der Waals surface area contributed by atoms with Gasteiger partial charge in [-0.1, -0.05) is 11.6 Å². The van der Waals surface area contributed by atoms with Crippen molar-refractivity contribution >= 4 is 11.6 Å². The number of phenols is 1. The molecule has 0 saturated carbocycles. The fraction of sp³-hybridized carbons (Fsp3) is 0.455. The molecule has 1 atom stereocenters. The zero-order valence-corrected chi connectivity index (χ0v) is 9.93. The SMILES string of the molecule is COc1c(C)c(Cl)cc(CC(C)N)c1O. The third kappa shape index (κ3) is 2.55. The molecule has 1 unspecified atom stereocenters. The van der Waals surface area contributed by atoms with Gasteiger partial charge in [0.15, 0.2) is 11.5 Å². The maximum atomic E-state index is 9.90. The average molecular weight is 230 g/mol. The second kappa shape index (κ2) is 4.73. The van der Waals surface area contributed by atoms with Crippen molar-refractivity contribution in [1.29, 1.82) is 0 Å². The molecule has 1 aromatic rings. The van der Waals surface area contributed by atoms with E-state index < -0.39 is 0 Å². The molecule has 1 aromatic carbocycles. The van der Waals surface area contributed by atoms with Crippen molar-refractivity contribution in [2.24, 2.45) is 5.73 Å². The van der Waals surface area contributed by atoms with Crippen LogP contribution in [0, 0.1) is 6.92 Å². The molecule has 0 heterocycles. The quantitative estimate of drug-likeness (QED) is 0.836. The van der Waals surface area contributed by atoms with E-state index in [0.717, 1.165) is 11.1 Å². The van der Waals surface area contributed by atoms with Crippen LogP contribution in [0.3, 0.4) is 0 Å². The molecule has 0 amide bonds. The molecule has 84 valence electrons. The number of nitrogens with two attached hydrogens (primary N) is 1. The van der Waals surface area contributed by atoms with Crippen molar-refractivity contribution in [2.75, 3.05) is 7.11 Å². The van der Waals surface area contributed by atoms with E-state index in [1.54, 1.807) is 13.0 Å². The van der Waals surface area contributed by atoms with Crippen LogP contribution in [-0.4, -0.2) is 18.3 Å². The zero-order valence-electron chi connectivity index (χ0n) is 9.17. The van der Waals surface area contributed by atoms with Gasteiger partial charge < -0.3 is 15.6 Å². The van der Waals surface area contributed by atoms with E-state index in [0.29, 0.717) is 17.2 Å². The molecular weight excluding hydrogens is 214 g/mol. The Morgan fingerprint density at radius 1 is 1.60 bits per heavy atom. The van der Waals surface area contributed by atoms with E-state index in [9.17, 15) is 5.11 Å². The third-order valence-corrected chi connectivity index (χ3v) is 2.66. The Kier molecular flexibility index (Phi) is 3.83. The van der Waals surface area contributed by atoms with Gasteiger partial charge >= 0.3 is 0 Å². The molecule has 0 aliphatic rings. The Hall–Kier alpha value is -0.930. The third-order valence-electron chi connectivity index (χ3n) is 2.27. The van der Waals surface area contributed by atoms with Crippen molar-refractivity contribution in [1.82, 2.24) is 0 Å². The summed E-state index contributed by atoms with van der Waals surface area (Å²) < 4.78 is 5.10. The van der Waals surface area contributed by atoms with Gasteiger partial charge in [-0.15, -0.1) is 0 Å². The molecule has 0 radical (unpaired) electrons. The Balaban J connectivity index is 3.24. The summed E-state index contributed by atoms with van der Waals surface area (Å²) in [4.78, 5) is 0. The monoisotopic (exact) mass is 229 g/mol. The second-order valence-electron chi connectivity index (χ2n) is 3.71. The fourth-order valence-electron chi connectivity index (χ4n) is 1.51. The molecule has 4 heteroatoms. The normalized spacial score (nSPS) is 12.6. The molecule has 0 aliphatic carbocycles. The van der Waals surface area contributed by atoms with Crippen LogP contribution in [-0.2, 0) is 6.42 Å². The largest absolute Gasteiger partial charge is 0.504 e. The lowest BCUT2D eigenvalue weighted by Gasteiger charge is -2.14. The summed E-state index contributed by atoms with van der Waals surface area (Å²) in [6, 6.07) is 1.71. The van der Waals surface area contributed by atoms with Gasteiger partial charge in [0, 0.05) is 22.2 Å². The number of methoxy groups -OCH3 is 1. The summed E-state index contributed by atoms with van der Waals surface area (Å²) in [6.07, 6.45) is 0.572. The van der Waals surface area contributed by atoms with Gasteiger partial charge in [0.2, 0.25) is 0 Å². The zero-order chi connectivity index (χ0) is 11.6. The summed E-state index contributed by atoms with van der Waals surface area (Å²) in [5.41, 5.74) is 7.14. The minimum absolute atomic E-state index is 0.0284. The Morgan fingerprint density at radius 3 is 2.67 bits per heavy atom.